The van der Waals surface area contributed by atoms with E-state index in [1.54, 1.807) is 6.42 Å². The van der Waals surface area contributed by atoms with Crippen molar-refractivity contribution in [3.05, 3.63) is 0 Å². The zero-order valence-electron chi connectivity index (χ0n) is 7.72. The summed E-state index contributed by atoms with van der Waals surface area (Å²) in [5.41, 5.74) is 0. The van der Waals surface area contributed by atoms with E-state index in [0.29, 0.717) is 0 Å². The molecule has 1 heterocycles. The average molecular weight is 190 g/mol. The molecular weight excluding hydrogens is 170 g/mol. The zero-order chi connectivity index (χ0) is 7.52. The third-order valence-corrected chi connectivity index (χ3v) is 3.06. The van der Waals surface area contributed by atoms with E-state index in [1.165, 1.54) is 45.2 Å². The zero-order valence-corrected chi connectivity index (χ0v) is 8.54. The fourth-order valence-electron chi connectivity index (χ4n) is 2.15. The Labute approximate surface area is 81.7 Å². The smallest absolute Gasteiger partial charge is 0.00463 e. The van der Waals surface area contributed by atoms with E-state index in [-0.39, 0.29) is 12.4 Å². The van der Waals surface area contributed by atoms with Gasteiger partial charge in [0.05, 0.1) is 0 Å². The molecule has 2 rings (SSSR count). The number of halogens is 1. The summed E-state index contributed by atoms with van der Waals surface area (Å²) in [5, 5.41) is 3.47. The Bertz CT molecular complexity index is 115. The first-order valence-electron chi connectivity index (χ1n) is 5.16. The molecule has 72 valence electrons. The first kappa shape index (κ1) is 10.3. The Kier molecular flexibility index (Phi) is 4.38. The topological polar surface area (TPSA) is 12.0 Å². The largest absolute Gasteiger partial charge is 0.317 e. The molecule has 2 heteroatoms. The summed E-state index contributed by atoms with van der Waals surface area (Å²) in [6.45, 7) is 2.54. The van der Waals surface area contributed by atoms with E-state index in [4.69, 9.17) is 0 Å². The maximum absolute atomic E-state index is 3.47. The summed E-state index contributed by atoms with van der Waals surface area (Å²) in [4.78, 5) is 0. The van der Waals surface area contributed by atoms with Gasteiger partial charge >= 0.3 is 0 Å². The van der Waals surface area contributed by atoms with Gasteiger partial charge in [0.2, 0.25) is 0 Å². The molecule has 0 aromatic rings. The Hall–Kier alpha value is 0.250. The highest BCUT2D eigenvalue weighted by molar-refractivity contribution is 5.85. The number of nitrogens with one attached hydrogen (secondary N) is 1. The molecule has 1 nitrogen and oxygen atoms in total. The normalized spacial score (nSPS) is 30.5. The van der Waals surface area contributed by atoms with E-state index in [2.05, 4.69) is 5.32 Å². The minimum atomic E-state index is 0. The second kappa shape index (κ2) is 5.08. The second-order valence-corrected chi connectivity index (χ2v) is 4.23. The lowest BCUT2D eigenvalue weighted by Gasteiger charge is -2.11. The van der Waals surface area contributed by atoms with E-state index in [0.717, 1.165) is 11.8 Å². The van der Waals surface area contributed by atoms with Crippen LogP contribution in [0.25, 0.3) is 0 Å². The maximum atomic E-state index is 3.47. The molecule has 0 spiro atoms. The highest BCUT2D eigenvalue weighted by Crippen LogP contribution is 2.37. The van der Waals surface area contributed by atoms with E-state index in [9.17, 15) is 0 Å². The molecule has 1 aliphatic carbocycles. The van der Waals surface area contributed by atoms with E-state index < -0.39 is 0 Å². The molecule has 0 aromatic carbocycles. The van der Waals surface area contributed by atoms with Gasteiger partial charge in [0, 0.05) is 0 Å². The van der Waals surface area contributed by atoms with Crippen LogP contribution in [-0.4, -0.2) is 13.1 Å². The van der Waals surface area contributed by atoms with Crippen LogP contribution >= 0.6 is 12.4 Å². The third kappa shape index (κ3) is 3.32. The Morgan fingerprint density at radius 3 is 2.42 bits per heavy atom. The van der Waals surface area contributed by atoms with Crippen LogP contribution in [-0.2, 0) is 0 Å². The minimum Gasteiger partial charge on any atom is -0.317 e. The van der Waals surface area contributed by atoms with Crippen LogP contribution in [0.1, 0.15) is 38.5 Å². The van der Waals surface area contributed by atoms with Crippen molar-refractivity contribution in [2.45, 2.75) is 38.5 Å². The Balaban J connectivity index is 0.000000720. The van der Waals surface area contributed by atoms with Gasteiger partial charge in [0.15, 0.2) is 0 Å². The SMILES string of the molecule is C1CNCCC(CC2CC2)C1.Cl. The van der Waals surface area contributed by atoms with Gasteiger partial charge in [0.25, 0.3) is 0 Å². The molecule has 0 bridgehead atoms. The van der Waals surface area contributed by atoms with Crippen molar-refractivity contribution in [2.24, 2.45) is 11.8 Å². The number of hydrogen-bond donors (Lipinski definition) is 1. The van der Waals surface area contributed by atoms with Crippen molar-refractivity contribution in [3.8, 4) is 0 Å². The highest BCUT2D eigenvalue weighted by atomic mass is 35.5. The van der Waals surface area contributed by atoms with Gasteiger partial charge in [-0.15, -0.1) is 12.4 Å². The van der Waals surface area contributed by atoms with Crippen molar-refractivity contribution < 1.29 is 0 Å². The number of rotatable bonds is 2. The van der Waals surface area contributed by atoms with Crippen LogP contribution in [0, 0.1) is 11.8 Å². The second-order valence-electron chi connectivity index (χ2n) is 4.23. The molecular formula is C10H20ClN. The van der Waals surface area contributed by atoms with Crippen LogP contribution in [0.3, 0.4) is 0 Å². The van der Waals surface area contributed by atoms with Gasteiger partial charge in [-0.25, -0.2) is 0 Å². The molecule has 1 saturated carbocycles. The van der Waals surface area contributed by atoms with Gasteiger partial charge in [-0.3, -0.25) is 0 Å². The predicted octanol–water partition coefficient (Wildman–Crippen LogP) is 2.60. The summed E-state index contributed by atoms with van der Waals surface area (Å²) >= 11 is 0. The maximum Gasteiger partial charge on any atom is -0.00463 e. The third-order valence-electron chi connectivity index (χ3n) is 3.06. The van der Waals surface area contributed by atoms with Crippen molar-refractivity contribution in [2.75, 3.05) is 13.1 Å². The first-order chi connectivity index (χ1) is 5.45. The average Bonchev–Trinajstić information content (AvgIpc) is 2.77. The molecule has 1 unspecified atom stereocenters. The van der Waals surface area contributed by atoms with Crippen molar-refractivity contribution >= 4 is 12.4 Å². The Morgan fingerprint density at radius 1 is 0.917 bits per heavy atom. The van der Waals surface area contributed by atoms with Crippen LogP contribution in [0.5, 0.6) is 0 Å². The van der Waals surface area contributed by atoms with E-state index >= 15 is 0 Å². The van der Waals surface area contributed by atoms with Crippen molar-refractivity contribution in [3.63, 3.8) is 0 Å². The van der Waals surface area contributed by atoms with Gasteiger partial charge in [-0.1, -0.05) is 12.8 Å². The fourth-order valence-corrected chi connectivity index (χ4v) is 2.15. The van der Waals surface area contributed by atoms with Crippen molar-refractivity contribution in [1.29, 1.82) is 0 Å². The van der Waals surface area contributed by atoms with Gasteiger partial charge in [-0.2, -0.15) is 0 Å². The summed E-state index contributed by atoms with van der Waals surface area (Å²) in [5.74, 6) is 2.20. The first-order valence-corrected chi connectivity index (χ1v) is 5.16. The van der Waals surface area contributed by atoms with Crippen LogP contribution in [0.2, 0.25) is 0 Å². The quantitative estimate of drug-likeness (QED) is 0.705. The van der Waals surface area contributed by atoms with Gasteiger partial charge in [-0.05, 0) is 50.6 Å². The minimum absolute atomic E-state index is 0. The summed E-state index contributed by atoms with van der Waals surface area (Å²) in [6.07, 6.45) is 8.95. The lowest BCUT2D eigenvalue weighted by molar-refractivity contribution is 0.415. The Morgan fingerprint density at radius 2 is 1.67 bits per heavy atom. The van der Waals surface area contributed by atoms with Crippen LogP contribution in [0.4, 0.5) is 0 Å². The molecule has 12 heavy (non-hydrogen) atoms. The molecule has 1 saturated heterocycles. The van der Waals surface area contributed by atoms with Crippen LogP contribution < -0.4 is 5.32 Å². The molecule has 1 aliphatic heterocycles. The predicted molar refractivity (Wildman–Crippen MR) is 54.8 cm³/mol. The van der Waals surface area contributed by atoms with Crippen LogP contribution in [0.15, 0.2) is 0 Å². The van der Waals surface area contributed by atoms with Gasteiger partial charge in [0.1, 0.15) is 0 Å². The molecule has 0 amide bonds. The highest BCUT2D eigenvalue weighted by Gasteiger charge is 2.25. The summed E-state index contributed by atoms with van der Waals surface area (Å²) in [7, 11) is 0. The lowest BCUT2D eigenvalue weighted by Crippen LogP contribution is -2.14. The number of hydrogen-bond acceptors (Lipinski definition) is 1. The lowest BCUT2D eigenvalue weighted by atomic mass is 9.95. The molecule has 2 fully saturated rings. The molecule has 0 radical (unpaired) electrons. The molecule has 0 aromatic heterocycles. The standard InChI is InChI=1S/C10H19N.ClH/c1-2-9(5-7-11-6-1)8-10-3-4-10;/h9-11H,1-8H2;1H. The summed E-state index contributed by atoms with van der Waals surface area (Å²) < 4.78 is 0. The monoisotopic (exact) mass is 189 g/mol. The van der Waals surface area contributed by atoms with Crippen molar-refractivity contribution in [1.82, 2.24) is 5.32 Å². The molecule has 1 atom stereocenters. The van der Waals surface area contributed by atoms with E-state index in [1.807, 2.05) is 0 Å². The molecule has 1 N–H and O–H groups in total. The fraction of sp³-hybridized carbons (Fsp3) is 1.00. The summed E-state index contributed by atoms with van der Waals surface area (Å²) in [6, 6.07) is 0. The molecule has 2 aliphatic rings. The van der Waals surface area contributed by atoms with Gasteiger partial charge < -0.3 is 5.32 Å².